The summed E-state index contributed by atoms with van der Waals surface area (Å²) >= 11 is 0. The highest BCUT2D eigenvalue weighted by molar-refractivity contribution is 7.47. The highest BCUT2D eigenvalue weighted by atomic mass is 31.2. The molecule has 0 radical (unpaired) electrons. The molecule has 0 aromatic rings. The number of phosphoric ester groups is 1. The van der Waals surface area contributed by atoms with E-state index in [0.717, 1.165) is 83.5 Å². The maximum absolute atomic E-state index is 12.6. The summed E-state index contributed by atoms with van der Waals surface area (Å²) < 4.78 is 32.7. The summed E-state index contributed by atoms with van der Waals surface area (Å²) in [6.45, 7) is 2.64. The SMILES string of the molecule is CC/C=C/C/C=C/C/C=C/CCCCCCCC(=O)OC[C@H](COP(=O)(O)OC[C@H](N)C(=O)O)OC(=O)CCCCCCCCCCC/C=C/C/C=C/CCCCC. The standard InChI is InChI=1S/C46H80NO10P/c1-3-5-7-9-11-13-15-17-19-20-21-22-24-26-28-30-32-34-36-38-45(49)57-42(40-55-58(52,53)56-41-43(47)46(50)51)39-54-44(48)37-35-33-31-29-27-25-23-18-16-14-12-10-8-6-4-2/h6,8,11-14,17-19,23,42-43H,3-5,7,9-10,15-16,20-22,24-41,47H2,1-2H3,(H,50,51)(H,52,53)/b8-6+,13-11+,14-12+,19-17+,23-18+/t42-,43+/m1/s1. The topological polar surface area (TPSA) is 172 Å². The van der Waals surface area contributed by atoms with Gasteiger partial charge in [-0.15, -0.1) is 0 Å². The highest BCUT2D eigenvalue weighted by Crippen LogP contribution is 2.43. The van der Waals surface area contributed by atoms with Gasteiger partial charge in [-0.05, 0) is 77.0 Å². The van der Waals surface area contributed by atoms with Gasteiger partial charge in [-0.2, -0.15) is 0 Å². The third-order valence-electron chi connectivity index (χ3n) is 9.25. The van der Waals surface area contributed by atoms with Gasteiger partial charge in [0.05, 0.1) is 13.2 Å². The van der Waals surface area contributed by atoms with Gasteiger partial charge in [0.2, 0.25) is 0 Å². The van der Waals surface area contributed by atoms with Crippen molar-refractivity contribution >= 4 is 25.7 Å². The molecular formula is C46H80NO10P. The quantitative estimate of drug-likeness (QED) is 0.0231. The summed E-state index contributed by atoms with van der Waals surface area (Å²) in [5.74, 6) is -2.41. The minimum absolute atomic E-state index is 0.150. The molecule has 0 aromatic heterocycles. The van der Waals surface area contributed by atoms with Crippen LogP contribution in [-0.4, -0.2) is 59.9 Å². The lowest BCUT2D eigenvalue weighted by Gasteiger charge is -2.20. The summed E-state index contributed by atoms with van der Waals surface area (Å²) in [6, 6.07) is -1.53. The van der Waals surface area contributed by atoms with Gasteiger partial charge < -0.3 is 25.2 Å². The van der Waals surface area contributed by atoms with Crippen molar-refractivity contribution in [2.75, 3.05) is 19.8 Å². The normalized spacial score (nSPS) is 14.3. The van der Waals surface area contributed by atoms with Gasteiger partial charge in [-0.1, -0.05) is 152 Å². The number of carbonyl (C=O) groups excluding carboxylic acids is 2. The predicted molar refractivity (Wildman–Crippen MR) is 235 cm³/mol. The number of aliphatic carboxylic acids is 1. The number of nitrogens with two attached hydrogens (primary N) is 1. The van der Waals surface area contributed by atoms with Crippen LogP contribution in [0.15, 0.2) is 60.8 Å². The second-order valence-corrected chi connectivity index (χ2v) is 16.2. The molecule has 0 fully saturated rings. The van der Waals surface area contributed by atoms with Gasteiger partial charge in [0, 0.05) is 12.8 Å². The van der Waals surface area contributed by atoms with Crippen molar-refractivity contribution in [3.8, 4) is 0 Å². The Balaban J connectivity index is 4.37. The van der Waals surface area contributed by atoms with Gasteiger partial charge >= 0.3 is 25.7 Å². The Morgan fingerprint density at radius 3 is 1.45 bits per heavy atom. The van der Waals surface area contributed by atoms with Gasteiger partial charge in [-0.25, -0.2) is 4.57 Å². The Hall–Kier alpha value is -2.82. The fraction of sp³-hybridized carbons (Fsp3) is 0.717. The smallest absolute Gasteiger partial charge is 0.472 e. The molecule has 0 aliphatic rings. The van der Waals surface area contributed by atoms with Crippen LogP contribution in [0.4, 0.5) is 0 Å². The van der Waals surface area contributed by atoms with Crippen molar-refractivity contribution in [1.29, 1.82) is 0 Å². The molecule has 0 bridgehead atoms. The maximum atomic E-state index is 12.6. The highest BCUT2D eigenvalue weighted by Gasteiger charge is 2.28. The third kappa shape index (κ3) is 40.0. The van der Waals surface area contributed by atoms with E-state index in [2.05, 4.69) is 79.1 Å². The summed E-state index contributed by atoms with van der Waals surface area (Å²) in [5.41, 5.74) is 5.33. The Kier molecular flexibility index (Phi) is 38.9. The first-order valence-corrected chi connectivity index (χ1v) is 23.8. The summed E-state index contributed by atoms with van der Waals surface area (Å²) in [4.78, 5) is 46.0. The molecule has 4 N–H and O–H groups in total. The molecule has 11 nitrogen and oxygen atoms in total. The lowest BCUT2D eigenvalue weighted by molar-refractivity contribution is -0.161. The van der Waals surface area contributed by atoms with E-state index in [-0.39, 0.29) is 19.4 Å². The number of rotatable bonds is 41. The molecule has 0 aliphatic heterocycles. The molecule has 334 valence electrons. The van der Waals surface area contributed by atoms with E-state index in [0.29, 0.717) is 12.8 Å². The second-order valence-electron chi connectivity index (χ2n) is 14.8. The molecule has 0 amide bonds. The zero-order valence-corrected chi connectivity index (χ0v) is 37.0. The summed E-state index contributed by atoms with van der Waals surface area (Å²) in [6.07, 6.45) is 47.1. The first-order chi connectivity index (χ1) is 28.1. The van der Waals surface area contributed by atoms with E-state index in [1.165, 1.54) is 57.8 Å². The molecule has 0 saturated heterocycles. The molecule has 0 aromatic carbocycles. The van der Waals surface area contributed by atoms with Crippen LogP contribution in [0.5, 0.6) is 0 Å². The van der Waals surface area contributed by atoms with Crippen LogP contribution >= 0.6 is 7.82 Å². The van der Waals surface area contributed by atoms with Gasteiger partial charge in [0.1, 0.15) is 12.6 Å². The van der Waals surface area contributed by atoms with E-state index < -0.39 is 51.1 Å². The second kappa shape index (κ2) is 40.9. The lowest BCUT2D eigenvalue weighted by atomic mass is 10.1. The molecule has 12 heteroatoms. The number of carboxylic acid groups (broad SMARTS) is 1. The van der Waals surface area contributed by atoms with Crippen molar-refractivity contribution in [2.45, 2.75) is 193 Å². The number of unbranched alkanes of at least 4 members (excludes halogenated alkanes) is 17. The number of allylic oxidation sites excluding steroid dienone is 10. The van der Waals surface area contributed by atoms with Crippen molar-refractivity contribution < 1.29 is 47.5 Å². The molecular weight excluding hydrogens is 757 g/mol. The van der Waals surface area contributed by atoms with Crippen molar-refractivity contribution in [3.05, 3.63) is 60.8 Å². The monoisotopic (exact) mass is 838 g/mol. The number of esters is 2. The largest absolute Gasteiger partial charge is 0.480 e. The Morgan fingerprint density at radius 1 is 0.552 bits per heavy atom. The van der Waals surface area contributed by atoms with Crippen LogP contribution < -0.4 is 5.73 Å². The predicted octanol–water partition coefficient (Wildman–Crippen LogP) is 12.0. The van der Waals surface area contributed by atoms with Crippen LogP contribution in [0, 0.1) is 0 Å². The van der Waals surface area contributed by atoms with Crippen LogP contribution in [0.2, 0.25) is 0 Å². The Bertz CT molecular complexity index is 1210. The molecule has 1 unspecified atom stereocenters. The molecule has 0 rings (SSSR count). The first kappa shape index (κ1) is 55.2. The van der Waals surface area contributed by atoms with E-state index in [1.807, 2.05) is 0 Å². The Morgan fingerprint density at radius 2 is 0.966 bits per heavy atom. The first-order valence-electron chi connectivity index (χ1n) is 22.3. The average Bonchev–Trinajstić information content (AvgIpc) is 3.20. The summed E-state index contributed by atoms with van der Waals surface area (Å²) in [7, 11) is -4.72. The van der Waals surface area contributed by atoms with Crippen molar-refractivity contribution in [2.24, 2.45) is 5.73 Å². The summed E-state index contributed by atoms with van der Waals surface area (Å²) in [5, 5.41) is 8.89. The minimum atomic E-state index is -4.72. The van der Waals surface area contributed by atoms with Crippen LogP contribution in [0.1, 0.15) is 181 Å². The van der Waals surface area contributed by atoms with Crippen LogP contribution in [0.25, 0.3) is 0 Å². The number of hydrogen-bond acceptors (Lipinski definition) is 9. The third-order valence-corrected chi connectivity index (χ3v) is 10.2. The molecule has 0 heterocycles. The van der Waals surface area contributed by atoms with E-state index in [4.69, 9.17) is 24.8 Å². The lowest BCUT2D eigenvalue weighted by Crippen LogP contribution is -2.34. The zero-order chi connectivity index (χ0) is 42.8. The molecule has 0 spiro atoms. The average molecular weight is 838 g/mol. The number of phosphoric acid groups is 1. The fourth-order valence-electron chi connectivity index (χ4n) is 5.76. The van der Waals surface area contributed by atoms with E-state index in [1.54, 1.807) is 0 Å². The van der Waals surface area contributed by atoms with Gasteiger partial charge in [0.15, 0.2) is 6.10 Å². The minimum Gasteiger partial charge on any atom is -0.480 e. The van der Waals surface area contributed by atoms with Crippen LogP contribution in [0.3, 0.4) is 0 Å². The van der Waals surface area contributed by atoms with E-state index in [9.17, 15) is 23.8 Å². The Labute approximate surface area is 351 Å². The number of carbonyl (C=O) groups is 3. The van der Waals surface area contributed by atoms with Crippen LogP contribution in [-0.2, 0) is 37.5 Å². The maximum Gasteiger partial charge on any atom is 0.472 e. The van der Waals surface area contributed by atoms with Gasteiger partial charge in [-0.3, -0.25) is 23.4 Å². The fourth-order valence-corrected chi connectivity index (χ4v) is 6.53. The molecule has 0 saturated carbocycles. The van der Waals surface area contributed by atoms with Crippen molar-refractivity contribution in [1.82, 2.24) is 0 Å². The molecule has 58 heavy (non-hydrogen) atoms. The number of ether oxygens (including phenoxy) is 2. The van der Waals surface area contributed by atoms with Gasteiger partial charge in [0.25, 0.3) is 0 Å². The molecule has 0 aliphatic carbocycles. The number of carboxylic acids is 1. The zero-order valence-electron chi connectivity index (χ0n) is 36.1. The van der Waals surface area contributed by atoms with E-state index >= 15 is 0 Å². The molecule has 3 atom stereocenters. The number of hydrogen-bond donors (Lipinski definition) is 3. The van der Waals surface area contributed by atoms with Crippen molar-refractivity contribution in [3.63, 3.8) is 0 Å².